The summed E-state index contributed by atoms with van der Waals surface area (Å²) in [5, 5.41) is 3.41. The van der Waals surface area contributed by atoms with Gasteiger partial charge in [-0.05, 0) is 55.0 Å². The molecular formula is C20H25NO. The van der Waals surface area contributed by atoms with Gasteiger partial charge in [0, 0.05) is 6.61 Å². The van der Waals surface area contributed by atoms with E-state index in [9.17, 15) is 0 Å². The summed E-state index contributed by atoms with van der Waals surface area (Å²) >= 11 is 0. The van der Waals surface area contributed by atoms with Crippen molar-refractivity contribution in [3.8, 4) is 11.1 Å². The van der Waals surface area contributed by atoms with E-state index in [0.717, 1.165) is 19.1 Å². The smallest absolute Gasteiger partial charge is 0.0716 e. The van der Waals surface area contributed by atoms with Crippen molar-refractivity contribution in [3.05, 3.63) is 60.2 Å². The summed E-state index contributed by atoms with van der Waals surface area (Å²) in [5.41, 5.74) is 3.78. The SMILES string of the molecule is c1ccc(-c2ccc(COCCC3CCNCC3)cc2)cc1. The van der Waals surface area contributed by atoms with Gasteiger partial charge in [-0.15, -0.1) is 0 Å². The number of benzene rings is 2. The van der Waals surface area contributed by atoms with E-state index in [1.54, 1.807) is 0 Å². The van der Waals surface area contributed by atoms with Gasteiger partial charge in [0.15, 0.2) is 0 Å². The zero-order chi connectivity index (χ0) is 15.0. The maximum absolute atomic E-state index is 5.85. The minimum atomic E-state index is 0.722. The molecule has 3 rings (SSSR count). The van der Waals surface area contributed by atoms with Gasteiger partial charge in [-0.25, -0.2) is 0 Å². The molecule has 2 heteroatoms. The Morgan fingerprint density at radius 1 is 0.864 bits per heavy atom. The van der Waals surface area contributed by atoms with Gasteiger partial charge in [0.25, 0.3) is 0 Å². The first-order chi connectivity index (χ1) is 10.9. The van der Waals surface area contributed by atoms with Crippen LogP contribution in [-0.4, -0.2) is 19.7 Å². The maximum atomic E-state index is 5.85. The Hall–Kier alpha value is -1.64. The molecule has 1 heterocycles. The Bertz CT molecular complexity index is 544. The molecule has 1 saturated heterocycles. The molecule has 0 amide bonds. The zero-order valence-electron chi connectivity index (χ0n) is 13.1. The first kappa shape index (κ1) is 15.3. The Kier molecular flexibility index (Phi) is 5.63. The summed E-state index contributed by atoms with van der Waals surface area (Å²) in [6.45, 7) is 3.95. The number of rotatable bonds is 6. The van der Waals surface area contributed by atoms with E-state index in [4.69, 9.17) is 4.74 Å². The molecule has 1 aliphatic rings. The lowest BCUT2D eigenvalue weighted by molar-refractivity contribution is 0.103. The second-order valence-electron chi connectivity index (χ2n) is 6.10. The molecule has 0 bridgehead atoms. The van der Waals surface area contributed by atoms with Gasteiger partial charge in [0.1, 0.15) is 0 Å². The van der Waals surface area contributed by atoms with Gasteiger partial charge in [0.2, 0.25) is 0 Å². The van der Waals surface area contributed by atoms with Crippen LogP contribution in [0.15, 0.2) is 54.6 Å². The van der Waals surface area contributed by atoms with Crippen molar-refractivity contribution in [1.29, 1.82) is 0 Å². The van der Waals surface area contributed by atoms with Gasteiger partial charge in [0.05, 0.1) is 6.61 Å². The van der Waals surface area contributed by atoms with Crippen LogP contribution in [0.4, 0.5) is 0 Å². The molecule has 0 aromatic heterocycles. The van der Waals surface area contributed by atoms with Gasteiger partial charge < -0.3 is 10.1 Å². The summed E-state index contributed by atoms with van der Waals surface area (Å²) in [6.07, 6.45) is 3.80. The van der Waals surface area contributed by atoms with Crippen LogP contribution in [0.25, 0.3) is 11.1 Å². The summed E-state index contributed by atoms with van der Waals surface area (Å²) in [6, 6.07) is 19.2. The lowest BCUT2D eigenvalue weighted by atomic mass is 9.95. The highest BCUT2D eigenvalue weighted by molar-refractivity contribution is 5.63. The molecule has 1 N–H and O–H groups in total. The van der Waals surface area contributed by atoms with Crippen molar-refractivity contribution in [2.24, 2.45) is 5.92 Å². The Balaban J connectivity index is 1.43. The average molecular weight is 295 g/mol. The van der Waals surface area contributed by atoms with Crippen LogP contribution in [0, 0.1) is 5.92 Å². The topological polar surface area (TPSA) is 21.3 Å². The van der Waals surface area contributed by atoms with Crippen molar-refractivity contribution < 1.29 is 4.74 Å². The van der Waals surface area contributed by atoms with E-state index >= 15 is 0 Å². The molecular weight excluding hydrogens is 270 g/mol. The minimum Gasteiger partial charge on any atom is -0.377 e. The second-order valence-corrected chi connectivity index (χ2v) is 6.10. The van der Waals surface area contributed by atoms with E-state index in [1.165, 1.54) is 49.0 Å². The molecule has 0 unspecified atom stereocenters. The Morgan fingerprint density at radius 3 is 2.27 bits per heavy atom. The normalized spacial score (nSPS) is 15.8. The highest BCUT2D eigenvalue weighted by atomic mass is 16.5. The standard InChI is InChI=1S/C20H25NO/c1-2-4-19(5-3-1)20-8-6-18(7-9-20)16-22-15-12-17-10-13-21-14-11-17/h1-9,17,21H,10-16H2. The number of ether oxygens (including phenoxy) is 1. The van der Waals surface area contributed by atoms with Gasteiger partial charge in [-0.3, -0.25) is 0 Å². The summed E-state index contributed by atoms with van der Waals surface area (Å²) in [7, 11) is 0. The van der Waals surface area contributed by atoms with Crippen LogP contribution in [0.5, 0.6) is 0 Å². The molecule has 0 spiro atoms. The molecule has 2 aromatic carbocycles. The summed E-state index contributed by atoms with van der Waals surface area (Å²) < 4.78 is 5.85. The fraction of sp³-hybridized carbons (Fsp3) is 0.400. The lowest BCUT2D eigenvalue weighted by Gasteiger charge is -2.22. The largest absolute Gasteiger partial charge is 0.377 e. The van der Waals surface area contributed by atoms with Crippen LogP contribution in [0.1, 0.15) is 24.8 Å². The molecule has 0 atom stereocenters. The predicted molar refractivity (Wildman–Crippen MR) is 91.7 cm³/mol. The van der Waals surface area contributed by atoms with E-state index < -0.39 is 0 Å². The van der Waals surface area contributed by atoms with Crippen LogP contribution in [0.2, 0.25) is 0 Å². The molecule has 0 radical (unpaired) electrons. The van der Waals surface area contributed by atoms with Crippen LogP contribution in [0.3, 0.4) is 0 Å². The summed E-state index contributed by atoms with van der Waals surface area (Å²) in [5.74, 6) is 0.849. The fourth-order valence-electron chi connectivity index (χ4n) is 3.03. The molecule has 1 fully saturated rings. The number of hydrogen-bond acceptors (Lipinski definition) is 2. The molecule has 0 aliphatic carbocycles. The molecule has 1 aliphatic heterocycles. The van der Waals surface area contributed by atoms with Gasteiger partial charge in [-0.2, -0.15) is 0 Å². The molecule has 2 nitrogen and oxygen atoms in total. The van der Waals surface area contributed by atoms with Crippen LogP contribution >= 0.6 is 0 Å². The van der Waals surface area contributed by atoms with Crippen molar-refractivity contribution in [2.45, 2.75) is 25.9 Å². The lowest BCUT2D eigenvalue weighted by Crippen LogP contribution is -2.28. The Morgan fingerprint density at radius 2 is 1.55 bits per heavy atom. The number of piperidine rings is 1. The van der Waals surface area contributed by atoms with E-state index in [-0.39, 0.29) is 0 Å². The van der Waals surface area contributed by atoms with Crippen molar-refractivity contribution in [2.75, 3.05) is 19.7 Å². The molecule has 0 saturated carbocycles. The molecule has 2 aromatic rings. The van der Waals surface area contributed by atoms with Crippen molar-refractivity contribution >= 4 is 0 Å². The van der Waals surface area contributed by atoms with Gasteiger partial charge >= 0.3 is 0 Å². The first-order valence-corrected chi connectivity index (χ1v) is 8.34. The quantitative estimate of drug-likeness (QED) is 0.804. The second kappa shape index (κ2) is 8.11. The molecule has 22 heavy (non-hydrogen) atoms. The van der Waals surface area contributed by atoms with Crippen LogP contribution in [-0.2, 0) is 11.3 Å². The van der Waals surface area contributed by atoms with E-state index in [1.807, 2.05) is 6.07 Å². The predicted octanol–water partition coefficient (Wildman–Crippen LogP) is 4.26. The van der Waals surface area contributed by atoms with E-state index in [2.05, 4.69) is 53.8 Å². The van der Waals surface area contributed by atoms with Crippen molar-refractivity contribution in [3.63, 3.8) is 0 Å². The third-order valence-electron chi connectivity index (χ3n) is 4.46. The maximum Gasteiger partial charge on any atom is 0.0716 e. The third-order valence-corrected chi connectivity index (χ3v) is 4.46. The highest BCUT2D eigenvalue weighted by Gasteiger charge is 2.12. The van der Waals surface area contributed by atoms with Crippen LogP contribution < -0.4 is 5.32 Å². The highest BCUT2D eigenvalue weighted by Crippen LogP contribution is 2.20. The van der Waals surface area contributed by atoms with Crippen molar-refractivity contribution in [1.82, 2.24) is 5.32 Å². The van der Waals surface area contributed by atoms with Gasteiger partial charge in [-0.1, -0.05) is 54.6 Å². The fourth-order valence-corrected chi connectivity index (χ4v) is 3.03. The summed E-state index contributed by atoms with van der Waals surface area (Å²) in [4.78, 5) is 0. The Labute approximate surface area is 133 Å². The molecule has 116 valence electrons. The van der Waals surface area contributed by atoms with E-state index in [0.29, 0.717) is 0 Å². The first-order valence-electron chi connectivity index (χ1n) is 8.34. The average Bonchev–Trinajstić information content (AvgIpc) is 2.61. The monoisotopic (exact) mass is 295 g/mol. The third kappa shape index (κ3) is 4.43. The zero-order valence-corrected chi connectivity index (χ0v) is 13.1. The number of hydrogen-bond donors (Lipinski definition) is 1. The number of nitrogens with one attached hydrogen (secondary N) is 1. The minimum absolute atomic E-state index is 0.722.